The zero-order valence-electron chi connectivity index (χ0n) is 15.1. The summed E-state index contributed by atoms with van der Waals surface area (Å²) in [6, 6.07) is 8.40. The van der Waals surface area contributed by atoms with Crippen molar-refractivity contribution in [3.05, 3.63) is 29.8 Å². The van der Waals surface area contributed by atoms with E-state index in [1.165, 1.54) is 5.56 Å². The average Bonchev–Trinajstić information content (AvgIpc) is 2.43. The maximum atomic E-state index is 11.7. The summed E-state index contributed by atoms with van der Waals surface area (Å²) in [5, 5.41) is 6.27. The van der Waals surface area contributed by atoms with Crippen LogP contribution >= 0.6 is 0 Å². The molecule has 130 valence electrons. The molecule has 0 spiro atoms. The molecule has 0 fully saturated rings. The van der Waals surface area contributed by atoms with E-state index in [0.29, 0.717) is 6.04 Å². The van der Waals surface area contributed by atoms with Crippen LogP contribution in [-0.2, 0) is 9.47 Å². The molecule has 1 amide bonds. The Labute approximate surface area is 139 Å². The van der Waals surface area contributed by atoms with Crippen molar-refractivity contribution in [2.75, 3.05) is 19.0 Å². The second-order valence-corrected chi connectivity index (χ2v) is 6.82. The molecule has 2 atom stereocenters. The fraction of sp³-hybridized carbons (Fsp3) is 0.611. The van der Waals surface area contributed by atoms with Crippen LogP contribution < -0.4 is 10.6 Å². The fourth-order valence-corrected chi connectivity index (χ4v) is 2.18. The van der Waals surface area contributed by atoms with Crippen molar-refractivity contribution in [3.63, 3.8) is 0 Å². The number of carbonyl (C=O) groups excluding carboxylic acids is 1. The number of carbonyl (C=O) groups is 1. The van der Waals surface area contributed by atoms with Gasteiger partial charge < -0.3 is 14.8 Å². The lowest BCUT2D eigenvalue weighted by Gasteiger charge is -2.21. The van der Waals surface area contributed by atoms with E-state index in [4.69, 9.17) is 9.47 Å². The summed E-state index contributed by atoms with van der Waals surface area (Å²) in [7, 11) is 1.71. The van der Waals surface area contributed by atoms with E-state index in [0.717, 1.165) is 18.7 Å². The summed E-state index contributed by atoms with van der Waals surface area (Å²) in [6.45, 7) is 10.5. The molecule has 0 aliphatic carbocycles. The largest absolute Gasteiger partial charge is 0.444 e. The number of amides is 1. The van der Waals surface area contributed by atoms with Crippen molar-refractivity contribution < 1.29 is 14.3 Å². The quantitative estimate of drug-likeness (QED) is 0.793. The third kappa shape index (κ3) is 8.00. The van der Waals surface area contributed by atoms with Gasteiger partial charge >= 0.3 is 6.09 Å². The summed E-state index contributed by atoms with van der Waals surface area (Å²) in [5.74, 6) is 0. The SMILES string of the molecule is COCCC(C)NC(C)c1ccc(NC(=O)OC(C)(C)C)cc1. The normalized spacial score (nSPS) is 14.2. The Morgan fingerprint density at radius 3 is 2.30 bits per heavy atom. The molecule has 1 aromatic carbocycles. The number of hydrogen-bond acceptors (Lipinski definition) is 4. The van der Waals surface area contributed by atoms with Gasteiger partial charge in [0.2, 0.25) is 0 Å². The number of nitrogens with one attached hydrogen (secondary N) is 2. The van der Waals surface area contributed by atoms with E-state index < -0.39 is 11.7 Å². The van der Waals surface area contributed by atoms with Crippen LogP contribution in [0.5, 0.6) is 0 Å². The van der Waals surface area contributed by atoms with Crippen LogP contribution in [0.25, 0.3) is 0 Å². The second-order valence-electron chi connectivity index (χ2n) is 6.82. The van der Waals surface area contributed by atoms with Gasteiger partial charge in [0.25, 0.3) is 0 Å². The summed E-state index contributed by atoms with van der Waals surface area (Å²) < 4.78 is 10.3. The predicted octanol–water partition coefficient (Wildman–Crippen LogP) is 4.11. The molecular weight excluding hydrogens is 292 g/mol. The highest BCUT2D eigenvalue weighted by atomic mass is 16.6. The Kier molecular flexibility index (Phi) is 7.52. The topological polar surface area (TPSA) is 59.6 Å². The van der Waals surface area contributed by atoms with Gasteiger partial charge in [-0.3, -0.25) is 5.32 Å². The highest BCUT2D eigenvalue weighted by molar-refractivity contribution is 5.84. The number of methoxy groups -OCH3 is 1. The van der Waals surface area contributed by atoms with Crippen LogP contribution in [0.4, 0.5) is 10.5 Å². The molecule has 0 aliphatic rings. The molecule has 0 radical (unpaired) electrons. The van der Waals surface area contributed by atoms with Crippen LogP contribution in [0.3, 0.4) is 0 Å². The first-order valence-corrected chi connectivity index (χ1v) is 8.06. The van der Waals surface area contributed by atoms with E-state index in [1.807, 2.05) is 45.0 Å². The van der Waals surface area contributed by atoms with Gasteiger partial charge in [0.1, 0.15) is 5.60 Å². The van der Waals surface area contributed by atoms with Gasteiger partial charge in [0, 0.05) is 31.5 Å². The van der Waals surface area contributed by atoms with Gasteiger partial charge in [-0.05, 0) is 58.7 Å². The molecule has 5 nitrogen and oxygen atoms in total. The zero-order chi connectivity index (χ0) is 17.5. The lowest BCUT2D eigenvalue weighted by molar-refractivity contribution is 0.0636. The van der Waals surface area contributed by atoms with E-state index >= 15 is 0 Å². The van der Waals surface area contributed by atoms with Crippen molar-refractivity contribution in [2.45, 2.75) is 58.7 Å². The van der Waals surface area contributed by atoms with Crippen molar-refractivity contribution in [2.24, 2.45) is 0 Å². The van der Waals surface area contributed by atoms with Gasteiger partial charge in [-0.15, -0.1) is 0 Å². The first kappa shape index (κ1) is 19.5. The molecular formula is C18H30N2O3. The molecule has 1 rings (SSSR count). The molecule has 0 bridgehead atoms. The van der Waals surface area contributed by atoms with Crippen molar-refractivity contribution in [1.29, 1.82) is 0 Å². The Balaban J connectivity index is 2.54. The van der Waals surface area contributed by atoms with E-state index in [2.05, 4.69) is 24.5 Å². The Morgan fingerprint density at radius 1 is 1.17 bits per heavy atom. The molecule has 0 heterocycles. The van der Waals surface area contributed by atoms with Crippen LogP contribution in [0.15, 0.2) is 24.3 Å². The minimum absolute atomic E-state index is 0.234. The number of rotatable bonds is 7. The molecule has 0 aliphatic heterocycles. The second kappa shape index (κ2) is 8.89. The first-order valence-electron chi connectivity index (χ1n) is 8.06. The molecule has 23 heavy (non-hydrogen) atoms. The smallest absolute Gasteiger partial charge is 0.412 e. The molecule has 2 unspecified atom stereocenters. The third-order valence-corrected chi connectivity index (χ3v) is 3.35. The average molecular weight is 322 g/mol. The molecule has 5 heteroatoms. The standard InChI is InChI=1S/C18H30N2O3/c1-13(11-12-22-6)19-14(2)15-7-9-16(10-8-15)20-17(21)23-18(3,4)5/h7-10,13-14,19H,11-12H2,1-6H3,(H,20,21). The summed E-state index contributed by atoms with van der Waals surface area (Å²) in [4.78, 5) is 11.7. The molecule has 0 aromatic heterocycles. The van der Waals surface area contributed by atoms with Crippen LogP contribution in [0.2, 0.25) is 0 Å². The van der Waals surface area contributed by atoms with Crippen LogP contribution in [0.1, 0.15) is 52.6 Å². The lowest BCUT2D eigenvalue weighted by atomic mass is 10.1. The number of ether oxygens (including phenoxy) is 2. The Hall–Kier alpha value is -1.59. The number of anilines is 1. The van der Waals surface area contributed by atoms with Gasteiger partial charge in [-0.2, -0.15) is 0 Å². The zero-order valence-corrected chi connectivity index (χ0v) is 15.1. The third-order valence-electron chi connectivity index (χ3n) is 3.35. The number of hydrogen-bond donors (Lipinski definition) is 2. The molecule has 0 saturated heterocycles. The lowest BCUT2D eigenvalue weighted by Crippen LogP contribution is -2.30. The van der Waals surface area contributed by atoms with Crippen molar-refractivity contribution >= 4 is 11.8 Å². The highest BCUT2D eigenvalue weighted by Gasteiger charge is 2.16. The maximum absolute atomic E-state index is 11.7. The maximum Gasteiger partial charge on any atom is 0.412 e. The minimum Gasteiger partial charge on any atom is -0.444 e. The van der Waals surface area contributed by atoms with E-state index in [-0.39, 0.29) is 6.04 Å². The molecule has 1 aromatic rings. The fourth-order valence-electron chi connectivity index (χ4n) is 2.18. The summed E-state index contributed by atoms with van der Waals surface area (Å²) in [6.07, 6.45) is 0.531. The predicted molar refractivity (Wildman–Crippen MR) is 93.8 cm³/mol. The van der Waals surface area contributed by atoms with Gasteiger partial charge in [0.05, 0.1) is 0 Å². The van der Waals surface area contributed by atoms with Gasteiger partial charge in [-0.25, -0.2) is 4.79 Å². The van der Waals surface area contributed by atoms with Crippen molar-refractivity contribution in [3.8, 4) is 0 Å². The summed E-state index contributed by atoms with van der Waals surface area (Å²) >= 11 is 0. The summed E-state index contributed by atoms with van der Waals surface area (Å²) in [5.41, 5.74) is 1.40. The first-order chi connectivity index (χ1) is 10.7. The Bertz CT molecular complexity index is 480. The Morgan fingerprint density at radius 2 is 1.78 bits per heavy atom. The van der Waals surface area contributed by atoms with E-state index in [9.17, 15) is 4.79 Å². The van der Waals surface area contributed by atoms with Gasteiger partial charge in [-0.1, -0.05) is 12.1 Å². The van der Waals surface area contributed by atoms with Crippen LogP contribution in [0, 0.1) is 0 Å². The highest BCUT2D eigenvalue weighted by Crippen LogP contribution is 2.18. The van der Waals surface area contributed by atoms with E-state index in [1.54, 1.807) is 7.11 Å². The number of benzene rings is 1. The monoisotopic (exact) mass is 322 g/mol. The van der Waals surface area contributed by atoms with Crippen molar-refractivity contribution in [1.82, 2.24) is 5.32 Å². The van der Waals surface area contributed by atoms with Crippen LogP contribution in [-0.4, -0.2) is 31.5 Å². The van der Waals surface area contributed by atoms with Gasteiger partial charge in [0.15, 0.2) is 0 Å². The minimum atomic E-state index is -0.499. The molecule has 2 N–H and O–H groups in total. The molecule has 0 saturated carbocycles.